The van der Waals surface area contributed by atoms with E-state index in [1.165, 1.54) is 62.2 Å². The lowest BCUT2D eigenvalue weighted by Crippen LogP contribution is -2.37. The fourth-order valence-electron chi connectivity index (χ4n) is 4.89. The zero-order valence-electron chi connectivity index (χ0n) is 22.2. The molecule has 0 amide bonds. The van der Waals surface area contributed by atoms with Gasteiger partial charge in [0.05, 0.1) is 0 Å². The molecule has 2 aliphatic rings. The average Bonchev–Trinajstić information content (AvgIpc) is 2.98. The molecule has 0 spiro atoms. The second-order valence-electron chi connectivity index (χ2n) is 10.0. The van der Waals surface area contributed by atoms with Crippen molar-refractivity contribution >= 4 is 27.5 Å². The summed E-state index contributed by atoms with van der Waals surface area (Å²) in [5, 5.41) is 3.59. The van der Waals surface area contributed by atoms with Gasteiger partial charge >= 0.3 is 10.1 Å². The lowest BCUT2D eigenvalue weighted by molar-refractivity contribution is 0.0841. The molecule has 39 heavy (non-hydrogen) atoms. The van der Waals surface area contributed by atoms with Gasteiger partial charge < -0.3 is 14.4 Å². The SMILES string of the molecule is C1CCNCC1.O=C(c1cccc(OS(=O)(=O)c2cccc(Cl)c2)c1)C1CCN(CCc2ccccc2)CC1. The summed E-state index contributed by atoms with van der Waals surface area (Å²) >= 11 is 5.90. The van der Waals surface area contributed by atoms with Crippen LogP contribution >= 0.6 is 11.6 Å². The van der Waals surface area contributed by atoms with Gasteiger partial charge in [0.25, 0.3) is 0 Å². The number of hydrogen-bond donors (Lipinski definition) is 1. The molecule has 0 unspecified atom stereocenters. The fourth-order valence-corrected chi connectivity index (χ4v) is 6.11. The van der Waals surface area contributed by atoms with Crippen LogP contribution in [0.2, 0.25) is 5.02 Å². The van der Waals surface area contributed by atoms with Crippen LogP contribution in [-0.4, -0.2) is 51.8 Å². The predicted molar refractivity (Wildman–Crippen MR) is 156 cm³/mol. The number of likely N-dealkylation sites (tertiary alicyclic amines) is 1. The van der Waals surface area contributed by atoms with E-state index in [0.29, 0.717) is 10.6 Å². The number of benzene rings is 3. The molecular formula is C31H37ClN2O4S. The third kappa shape index (κ3) is 9.17. The van der Waals surface area contributed by atoms with Gasteiger partial charge in [-0.2, -0.15) is 8.42 Å². The number of carbonyl (C=O) groups excluding carboxylic acids is 1. The van der Waals surface area contributed by atoms with Crippen LogP contribution in [0.25, 0.3) is 0 Å². The van der Waals surface area contributed by atoms with E-state index >= 15 is 0 Å². The van der Waals surface area contributed by atoms with E-state index in [-0.39, 0.29) is 22.3 Å². The van der Waals surface area contributed by atoms with E-state index in [9.17, 15) is 13.2 Å². The highest BCUT2D eigenvalue weighted by molar-refractivity contribution is 7.87. The Morgan fingerprint density at radius 1 is 0.897 bits per heavy atom. The molecule has 2 saturated heterocycles. The molecule has 0 saturated carbocycles. The first kappa shape index (κ1) is 29.3. The van der Waals surface area contributed by atoms with Crippen molar-refractivity contribution < 1.29 is 17.4 Å². The summed E-state index contributed by atoms with van der Waals surface area (Å²) in [5.74, 6) is 0.0715. The van der Waals surface area contributed by atoms with Crippen LogP contribution in [0, 0.1) is 5.92 Å². The number of nitrogens with zero attached hydrogens (tertiary/aromatic N) is 1. The first-order valence-corrected chi connectivity index (χ1v) is 15.5. The van der Waals surface area contributed by atoms with Gasteiger partial charge in [0, 0.05) is 23.0 Å². The van der Waals surface area contributed by atoms with E-state index < -0.39 is 10.1 Å². The van der Waals surface area contributed by atoms with Crippen LogP contribution < -0.4 is 9.50 Å². The molecule has 2 fully saturated rings. The quantitative estimate of drug-likeness (QED) is 0.265. The Balaban J connectivity index is 0.000000519. The normalized spacial score (nSPS) is 16.6. The van der Waals surface area contributed by atoms with Gasteiger partial charge in [-0.3, -0.25) is 4.79 Å². The lowest BCUT2D eigenvalue weighted by Gasteiger charge is -2.31. The second-order valence-corrected chi connectivity index (χ2v) is 12.0. The third-order valence-corrected chi connectivity index (χ3v) is 8.61. The van der Waals surface area contributed by atoms with Crippen LogP contribution in [0.5, 0.6) is 5.75 Å². The van der Waals surface area contributed by atoms with Crippen molar-refractivity contribution in [3.8, 4) is 5.75 Å². The molecule has 8 heteroatoms. The highest BCUT2D eigenvalue weighted by Crippen LogP contribution is 2.26. The number of carbonyl (C=O) groups is 1. The lowest BCUT2D eigenvalue weighted by atomic mass is 9.88. The van der Waals surface area contributed by atoms with Crippen molar-refractivity contribution in [2.24, 2.45) is 5.92 Å². The number of Topliss-reactive ketones (excluding diaryl/α,β-unsaturated/α-hetero) is 1. The van der Waals surface area contributed by atoms with Gasteiger partial charge in [-0.1, -0.05) is 66.6 Å². The predicted octanol–water partition coefficient (Wildman–Crippen LogP) is 6.01. The smallest absolute Gasteiger partial charge is 0.339 e. The number of nitrogens with one attached hydrogen (secondary N) is 1. The van der Waals surface area contributed by atoms with Crippen molar-refractivity contribution in [3.05, 3.63) is 95.0 Å². The Labute approximate surface area is 237 Å². The maximum absolute atomic E-state index is 13.1. The molecule has 0 atom stereocenters. The Kier molecular flexibility index (Phi) is 11.0. The summed E-state index contributed by atoms with van der Waals surface area (Å²) in [7, 11) is -4.04. The van der Waals surface area contributed by atoms with E-state index in [0.717, 1.165) is 38.9 Å². The van der Waals surface area contributed by atoms with E-state index in [1.807, 2.05) is 6.07 Å². The summed E-state index contributed by atoms with van der Waals surface area (Å²) in [5.41, 5.74) is 1.79. The van der Waals surface area contributed by atoms with Gasteiger partial charge in [0.15, 0.2) is 5.78 Å². The molecule has 5 rings (SSSR count). The fraction of sp³-hybridized carbons (Fsp3) is 0.387. The molecule has 1 N–H and O–H groups in total. The van der Waals surface area contributed by atoms with E-state index in [2.05, 4.69) is 34.5 Å². The molecule has 0 radical (unpaired) electrons. The van der Waals surface area contributed by atoms with Crippen LogP contribution in [0.4, 0.5) is 0 Å². The van der Waals surface area contributed by atoms with Gasteiger partial charge in [0.2, 0.25) is 0 Å². The van der Waals surface area contributed by atoms with Crippen LogP contribution in [0.1, 0.15) is 48.0 Å². The monoisotopic (exact) mass is 568 g/mol. The minimum Gasteiger partial charge on any atom is -0.379 e. The molecular weight excluding hydrogens is 532 g/mol. The first-order chi connectivity index (χ1) is 18.9. The van der Waals surface area contributed by atoms with E-state index in [1.54, 1.807) is 24.3 Å². The van der Waals surface area contributed by atoms with Crippen LogP contribution in [0.15, 0.2) is 83.8 Å². The molecule has 3 aromatic carbocycles. The van der Waals surface area contributed by atoms with E-state index in [4.69, 9.17) is 15.8 Å². The molecule has 2 aliphatic heterocycles. The van der Waals surface area contributed by atoms with Crippen molar-refractivity contribution in [1.82, 2.24) is 10.2 Å². The summed E-state index contributed by atoms with van der Waals surface area (Å²) in [6.45, 7) is 5.24. The zero-order chi connectivity index (χ0) is 27.5. The molecule has 2 heterocycles. The van der Waals surface area contributed by atoms with Crippen LogP contribution in [0.3, 0.4) is 0 Å². The average molecular weight is 569 g/mol. The summed E-state index contributed by atoms with van der Waals surface area (Å²) in [6.07, 6.45) is 6.80. The van der Waals surface area contributed by atoms with Crippen molar-refractivity contribution in [3.63, 3.8) is 0 Å². The molecule has 0 aromatic heterocycles. The van der Waals surface area contributed by atoms with Gasteiger partial charge in [-0.05, 0) is 94.2 Å². The van der Waals surface area contributed by atoms with Crippen LogP contribution in [-0.2, 0) is 16.5 Å². The minimum atomic E-state index is -4.04. The summed E-state index contributed by atoms with van der Waals surface area (Å²) < 4.78 is 30.4. The number of ketones is 1. The Morgan fingerprint density at radius 3 is 2.26 bits per heavy atom. The highest BCUT2D eigenvalue weighted by atomic mass is 35.5. The summed E-state index contributed by atoms with van der Waals surface area (Å²) in [4.78, 5) is 15.4. The van der Waals surface area contributed by atoms with Crippen molar-refractivity contribution in [2.75, 3.05) is 32.7 Å². The zero-order valence-corrected chi connectivity index (χ0v) is 23.8. The number of rotatable bonds is 8. The largest absolute Gasteiger partial charge is 0.379 e. The molecule has 6 nitrogen and oxygen atoms in total. The molecule has 3 aromatic rings. The Hall–Kier alpha value is -2.71. The topological polar surface area (TPSA) is 75.7 Å². The van der Waals surface area contributed by atoms with Gasteiger partial charge in [0.1, 0.15) is 10.6 Å². The second kappa shape index (κ2) is 14.6. The Bertz CT molecular complexity index is 1290. The van der Waals surface area contributed by atoms with Gasteiger partial charge in [-0.15, -0.1) is 0 Å². The summed E-state index contributed by atoms with van der Waals surface area (Å²) in [6, 6.07) is 22.7. The molecule has 0 bridgehead atoms. The number of hydrogen-bond acceptors (Lipinski definition) is 6. The van der Waals surface area contributed by atoms with Gasteiger partial charge in [-0.25, -0.2) is 0 Å². The maximum Gasteiger partial charge on any atom is 0.339 e. The number of piperidine rings is 2. The first-order valence-electron chi connectivity index (χ1n) is 13.7. The molecule has 0 aliphatic carbocycles. The van der Waals surface area contributed by atoms with Crippen molar-refractivity contribution in [2.45, 2.75) is 43.4 Å². The number of halogens is 1. The minimum absolute atomic E-state index is 0.0308. The highest BCUT2D eigenvalue weighted by Gasteiger charge is 2.26. The third-order valence-electron chi connectivity index (χ3n) is 7.13. The van der Waals surface area contributed by atoms with Crippen molar-refractivity contribution in [1.29, 1.82) is 0 Å². The standard InChI is InChI=1S/C26H26ClNO4S.C5H11N/c27-23-9-5-11-25(19-23)33(30,31)32-24-10-4-8-22(18-24)26(29)21-13-16-28(17-14-21)15-12-20-6-2-1-3-7-20;1-2-4-6-5-3-1/h1-11,18-19,21H,12-17H2;6H,1-5H2. The Morgan fingerprint density at radius 2 is 1.62 bits per heavy atom. The molecule has 208 valence electrons. The maximum atomic E-state index is 13.1.